The fourth-order valence-corrected chi connectivity index (χ4v) is 4.93. The van der Waals surface area contributed by atoms with Crippen LogP contribution in [0.3, 0.4) is 0 Å². The summed E-state index contributed by atoms with van der Waals surface area (Å²) in [6, 6.07) is 16.8. The van der Waals surface area contributed by atoms with Crippen molar-refractivity contribution in [2.24, 2.45) is 5.10 Å². The van der Waals surface area contributed by atoms with E-state index in [4.69, 9.17) is 13.3 Å². The van der Waals surface area contributed by atoms with Crippen LogP contribution < -0.4 is 0 Å². The molecule has 8 nitrogen and oxygen atoms in total. The van der Waals surface area contributed by atoms with Crippen molar-refractivity contribution in [1.82, 2.24) is 15.2 Å². The number of para-hydroxylation sites is 1. The summed E-state index contributed by atoms with van der Waals surface area (Å²) >= 11 is 2.70. The number of hydrazone groups is 1. The third-order valence-electron chi connectivity index (χ3n) is 5.20. The topological polar surface area (TPSA) is 97.9 Å². The van der Waals surface area contributed by atoms with Crippen molar-refractivity contribution < 1.29 is 18.0 Å². The summed E-state index contributed by atoms with van der Waals surface area (Å²) in [5.41, 5.74) is 1.48. The Balaban J connectivity index is 1.23. The van der Waals surface area contributed by atoms with E-state index in [0.29, 0.717) is 34.8 Å². The number of fused-ring (bicyclic) bond motifs is 1. The largest absolute Gasteiger partial charge is 0.467 e. The summed E-state index contributed by atoms with van der Waals surface area (Å²) in [6.07, 6.45) is 2.09. The maximum Gasteiger partial charge on any atom is 0.277 e. The van der Waals surface area contributed by atoms with Gasteiger partial charge in [0.15, 0.2) is 5.76 Å². The van der Waals surface area contributed by atoms with Gasteiger partial charge < -0.3 is 13.3 Å². The molecule has 1 aliphatic rings. The molecule has 10 heteroatoms. The van der Waals surface area contributed by atoms with Crippen molar-refractivity contribution in [2.45, 2.75) is 17.7 Å². The van der Waals surface area contributed by atoms with Gasteiger partial charge >= 0.3 is 0 Å². The van der Waals surface area contributed by atoms with Gasteiger partial charge in [0.25, 0.3) is 17.0 Å². The zero-order valence-electron chi connectivity index (χ0n) is 17.1. The van der Waals surface area contributed by atoms with E-state index in [0.717, 1.165) is 15.8 Å². The Kier molecular flexibility index (Phi) is 5.08. The van der Waals surface area contributed by atoms with Gasteiger partial charge in [-0.25, -0.2) is 5.01 Å². The number of thioether (sulfide) groups is 1. The van der Waals surface area contributed by atoms with E-state index in [1.165, 1.54) is 28.1 Å². The molecule has 5 aromatic rings. The van der Waals surface area contributed by atoms with Crippen molar-refractivity contribution in [1.29, 1.82) is 0 Å². The fraction of sp³-hybridized carbons (Fsp3) is 0.130. The molecule has 0 saturated carbocycles. The van der Waals surface area contributed by atoms with E-state index in [9.17, 15) is 4.79 Å². The zero-order chi connectivity index (χ0) is 22.2. The van der Waals surface area contributed by atoms with Crippen LogP contribution in [0, 0.1) is 0 Å². The molecule has 1 atom stereocenters. The van der Waals surface area contributed by atoms with E-state index in [1.807, 2.05) is 53.9 Å². The van der Waals surface area contributed by atoms with Gasteiger partial charge in [0.1, 0.15) is 23.1 Å². The summed E-state index contributed by atoms with van der Waals surface area (Å²) in [5.74, 6) is 1.66. The maximum absolute atomic E-state index is 13.1. The minimum atomic E-state index is -0.347. The van der Waals surface area contributed by atoms with E-state index in [-0.39, 0.29) is 17.7 Å². The standard InChI is InChI=1S/C23H16N4O4S2/c28-21(13-33-23-25-24-22(31-23)20-8-4-10-32-20)27-16(18-7-3-9-29-18)12-15(26-27)19-11-14-5-1-2-6-17(14)30-19/h1-11,16H,12-13H2. The Hall–Kier alpha value is -3.63. The minimum Gasteiger partial charge on any atom is -0.467 e. The maximum atomic E-state index is 13.1. The molecule has 5 heterocycles. The number of benzene rings is 1. The van der Waals surface area contributed by atoms with E-state index in [1.54, 1.807) is 12.3 Å². The quantitative estimate of drug-likeness (QED) is 0.294. The number of carbonyl (C=O) groups excluding carboxylic acids is 1. The number of rotatable bonds is 6. The molecule has 33 heavy (non-hydrogen) atoms. The van der Waals surface area contributed by atoms with Crippen LogP contribution in [-0.2, 0) is 4.79 Å². The second kappa shape index (κ2) is 8.38. The van der Waals surface area contributed by atoms with Crippen LogP contribution in [0.2, 0.25) is 0 Å². The van der Waals surface area contributed by atoms with Crippen LogP contribution in [0.4, 0.5) is 0 Å². The van der Waals surface area contributed by atoms with Crippen LogP contribution in [0.15, 0.2) is 89.8 Å². The highest BCUT2D eigenvalue weighted by molar-refractivity contribution is 7.99. The first-order valence-corrected chi connectivity index (χ1v) is 12.0. The molecule has 0 aliphatic carbocycles. The smallest absolute Gasteiger partial charge is 0.277 e. The lowest BCUT2D eigenvalue weighted by Crippen LogP contribution is -2.28. The second-order valence-electron chi connectivity index (χ2n) is 7.31. The van der Waals surface area contributed by atoms with Gasteiger partial charge in [-0.2, -0.15) is 5.10 Å². The lowest BCUT2D eigenvalue weighted by molar-refractivity contribution is -0.130. The predicted octanol–water partition coefficient (Wildman–Crippen LogP) is 5.61. The second-order valence-corrected chi connectivity index (χ2v) is 9.18. The predicted molar refractivity (Wildman–Crippen MR) is 124 cm³/mol. The van der Waals surface area contributed by atoms with Crippen LogP contribution >= 0.6 is 23.1 Å². The third-order valence-corrected chi connectivity index (χ3v) is 6.87. The minimum absolute atomic E-state index is 0.0974. The lowest BCUT2D eigenvalue weighted by atomic mass is 10.1. The molecule has 0 radical (unpaired) electrons. The average molecular weight is 477 g/mol. The van der Waals surface area contributed by atoms with E-state index in [2.05, 4.69) is 15.3 Å². The molecule has 0 saturated heterocycles. The van der Waals surface area contributed by atoms with Crippen molar-refractivity contribution in [3.63, 3.8) is 0 Å². The first kappa shape index (κ1) is 20.0. The number of hydrogen-bond acceptors (Lipinski definition) is 9. The molecule has 6 rings (SSSR count). The van der Waals surface area contributed by atoms with Crippen molar-refractivity contribution in [3.05, 3.63) is 77.8 Å². The molecule has 164 valence electrons. The Morgan fingerprint density at radius 1 is 1.12 bits per heavy atom. The Labute approximate surface area is 195 Å². The summed E-state index contributed by atoms with van der Waals surface area (Å²) < 4.78 is 17.3. The number of amides is 1. The molecular weight excluding hydrogens is 460 g/mol. The van der Waals surface area contributed by atoms with Gasteiger partial charge in [-0.1, -0.05) is 36.0 Å². The normalized spacial score (nSPS) is 15.9. The van der Waals surface area contributed by atoms with Crippen molar-refractivity contribution >= 4 is 45.7 Å². The van der Waals surface area contributed by atoms with Gasteiger partial charge in [0.2, 0.25) is 0 Å². The summed E-state index contributed by atoms with van der Waals surface area (Å²) in [7, 11) is 0. The Morgan fingerprint density at radius 2 is 2.06 bits per heavy atom. The molecule has 0 bridgehead atoms. The third kappa shape index (κ3) is 3.87. The molecule has 1 aliphatic heterocycles. The summed E-state index contributed by atoms with van der Waals surface area (Å²) in [6.45, 7) is 0. The summed E-state index contributed by atoms with van der Waals surface area (Å²) in [5, 5.41) is 17.4. The SMILES string of the molecule is O=C(CSc1nnc(-c2cccs2)o1)N1N=C(c2cc3ccccc3o2)CC1c1ccco1. The summed E-state index contributed by atoms with van der Waals surface area (Å²) in [4.78, 5) is 14.0. The van der Waals surface area contributed by atoms with Gasteiger partial charge in [-0.15, -0.1) is 21.5 Å². The number of hydrogen-bond donors (Lipinski definition) is 0. The molecule has 0 N–H and O–H groups in total. The molecule has 1 aromatic carbocycles. The number of carbonyl (C=O) groups is 1. The molecule has 0 fully saturated rings. The fourth-order valence-electron chi connectivity index (χ4n) is 3.67. The van der Waals surface area contributed by atoms with Gasteiger partial charge in [-0.05, 0) is 35.7 Å². The molecular formula is C23H16N4O4S2. The Bertz CT molecular complexity index is 1400. The van der Waals surface area contributed by atoms with Gasteiger partial charge in [-0.3, -0.25) is 4.79 Å². The van der Waals surface area contributed by atoms with Crippen molar-refractivity contribution in [3.8, 4) is 10.8 Å². The zero-order valence-corrected chi connectivity index (χ0v) is 18.7. The van der Waals surface area contributed by atoms with Crippen molar-refractivity contribution in [2.75, 3.05) is 5.75 Å². The molecule has 0 spiro atoms. The number of furan rings is 2. The lowest BCUT2D eigenvalue weighted by Gasteiger charge is -2.19. The first-order valence-electron chi connectivity index (χ1n) is 10.2. The number of aromatic nitrogens is 2. The number of thiophene rings is 1. The van der Waals surface area contributed by atoms with E-state index >= 15 is 0 Å². The highest BCUT2D eigenvalue weighted by atomic mass is 32.2. The number of nitrogens with zero attached hydrogens (tertiary/aromatic N) is 4. The Morgan fingerprint density at radius 3 is 2.88 bits per heavy atom. The van der Waals surface area contributed by atoms with Gasteiger partial charge in [0, 0.05) is 11.8 Å². The highest BCUT2D eigenvalue weighted by Gasteiger charge is 2.36. The monoisotopic (exact) mass is 476 g/mol. The molecule has 1 amide bonds. The molecule has 4 aromatic heterocycles. The average Bonchev–Trinajstić information content (AvgIpc) is 3.66. The van der Waals surface area contributed by atoms with Crippen LogP contribution in [-0.4, -0.2) is 32.6 Å². The highest BCUT2D eigenvalue weighted by Crippen LogP contribution is 2.35. The molecule has 1 unspecified atom stereocenters. The van der Waals surface area contributed by atoms with E-state index < -0.39 is 0 Å². The van der Waals surface area contributed by atoms with Crippen LogP contribution in [0.25, 0.3) is 21.7 Å². The first-order chi connectivity index (χ1) is 16.2. The van der Waals surface area contributed by atoms with Crippen LogP contribution in [0.5, 0.6) is 0 Å². The van der Waals surface area contributed by atoms with Gasteiger partial charge in [0.05, 0.1) is 16.9 Å². The van der Waals surface area contributed by atoms with Crippen LogP contribution in [0.1, 0.15) is 24.0 Å².